The van der Waals surface area contributed by atoms with E-state index in [1.54, 1.807) is 4.57 Å². The largest absolute Gasteiger partial charge is 0.476 e. The molecular weight excluding hydrogens is 414 g/mol. The highest BCUT2D eigenvalue weighted by molar-refractivity contribution is 5.88. The van der Waals surface area contributed by atoms with Crippen molar-refractivity contribution in [1.29, 1.82) is 0 Å². The lowest BCUT2D eigenvalue weighted by atomic mass is 9.72. The fraction of sp³-hybridized carbons (Fsp3) is 0.667. The number of hydrogen-bond donors (Lipinski definition) is 1. The van der Waals surface area contributed by atoms with Crippen LogP contribution >= 0.6 is 0 Å². The summed E-state index contributed by atoms with van der Waals surface area (Å²) in [5.41, 5.74) is 0.839. The van der Waals surface area contributed by atoms with Crippen LogP contribution in [0.4, 0.5) is 0 Å². The second kappa shape index (κ2) is 9.21. The van der Waals surface area contributed by atoms with Gasteiger partial charge in [-0.2, -0.15) is 0 Å². The molecule has 1 aromatic carbocycles. The first kappa shape index (κ1) is 22.6. The molecule has 2 aromatic rings. The molecule has 0 amide bonds. The van der Waals surface area contributed by atoms with Crippen LogP contribution in [0.25, 0.3) is 11.0 Å². The predicted molar refractivity (Wildman–Crippen MR) is 130 cm³/mol. The molecule has 0 spiro atoms. The van der Waals surface area contributed by atoms with Crippen molar-refractivity contribution in [2.45, 2.75) is 114 Å². The number of hydrogen-bond acceptors (Lipinski definition) is 4. The number of carbonyl (C=O) groups is 1. The molecule has 5 rings (SSSR count). The molecular formula is C27H37N3O3. The zero-order valence-corrected chi connectivity index (χ0v) is 19.8. The molecule has 178 valence electrons. The van der Waals surface area contributed by atoms with Gasteiger partial charge in [0.05, 0.1) is 11.0 Å². The number of carboxylic acid groups (broad SMARTS) is 1. The van der Waals surface area contributed by atoms with Crippen LogP contribution in [0.5, 0.6) is 0 Å². The van der Waals surface area contributed by atoms with Crippen molar-refractivity contribution in [2.75, 3.05) is 0 Å². The molecule has 3 atom stereocenters. The lowest BCUT2D eigenvalue weighted by Gasteiger charge is -2.58. The van der Waals surface area contributed by atoms with Gasteiger partial charge in [0, 0.05) is 23.7 Å². The smallest absolute Gasteiger partial charge is 0.360 e. The Balaban J connectivity index is 1.54. The summed E-state index contributed by atoms with van der Waals surface area (Å²) in [5, 5.41) is 9.65. The van der Waals surface area contributed by atoms with Crippen LogP contribution in [0.1, 0.15) is 107 Å². The van der Waals surface area contributed by atoms with E-state index < -0.39 is 11.5 Å². The Morgan fingerprint density at radius 3 is 2.27 bits per heavy atom. The molecule has 1 aromatic heterocycles. The second-order valence-electron chi connectivity index (χ2n) is 10.5. The number of rotatable bonds is 4. The first-order chi connectivity index (χ1) is 16.0. The number of aromatic nitrogens is 2. The maximum absolute atomic E-state index is 13.3. The molecule has 2 aliphatic heterocycles. The zero-order chi connectivity index (χ0) is 23.0. The molecule has 3 heterocycles. The molecule has 1 saturated carbocycles. The normalized spacial score (nSPS) is 28.2. The predicted octanol–water partition coefficient (Wildman–Crippen LogP) is 5.55. The van der Waals surface area contributed by atoms with Crippen LogP contribution < -0.4 is 5.56 Å². The van der Waals surface area contributed by atoms with Gasteiger partial charge in [-0.15, -0.1) is 0 Å². The van der Waals surface area contributed by atoms with Crippen LogP contribution in [0.15, 0.2) is 29.1 Å². The van der Waals surface area contributed by atoms with Crippen molar-refractivity contribution >= 4 is 17.0 Å². The highest BCUT2D eigenvalue weighted by Crippen LogP contribution is 2.47. The minimum absolute atomic E-state index is 0.0255. The van der Waals surface area contributed by atoms with Crippen molar-refractivity contribution in [3.05, 3.63) is 40.3 Å². The van der Waals surface area contributed by atoms with Gasteiger partial charge in [0.2, 0.25) is 5.69 Å². The van der Waals surface area contributed by atoms with E-state index in [9.17, 15) is 14.7 Å². The first-order valence-corrected chi connectivity index (χ1v) is 13.1. The fourth-order valence-corrected chi connectivity index (χ4v) is 7.35. The van der Waals surface area contributed by atoms with Crippen molar-refractivity contribution in [3.63, 3.8) is 0 Å². The summed E-state index contributed by atoms with van der Waals surface area (Å²) >= 11 is 0. The first-order valence-electron chi connectivity index (χ1n) is 13.1. The molecule has 1 aliphatic carbocycles. The van der Waals surface area contributed by atoms with Crippen LogP contribution in [0.2, 0.25) is 0 Å². The number of carboxylic acids is 1. The van der Waals surface area contributed by atoms with Crippen LogP contribution in [0.3, 0.4) is 0 Å². The third-order valence-corrected chi connectivity index (χ3v) is 8.80. The standard InChI is InChI=1S/C27H37N3O3/c1-2-27(15-8-4-3-5-9-16-27)30-19-11-10-12-20(30)18-21(17-19)29-23-14-7-6-13-22(23)28-24(25(29)31)26(32)33/h6-7,13-14,19-21H,2-5,8-12,15-18H2,1H3,(H,32,33)/t19-,20+,21+. The lowest BCUT2D eigenvalue weighted by Crippen LogP contribution is -2.63. The number of piperidine rings is 2. The third kappa shape index (κ3) is 4.01. The second-order valence-corrected chi connectivity index (χ2v) is 10.5. The summed E-state index contributed by atoms with van der Waals surface area (Å²) in [6.07, 6.45) is 16.0. The summed E-state index contributed by atoms with van der Waals surface area (Å²) in [4.78, 5) is 32.2. The average molecular weight is 452 g/mol. The Morgan fingerprint density at radius 1 is 1.00 bits per heavy atom. The quantitative estimate of drug-likeness (QED) is 0.660. The summed E-state index contributed by atoms with van der Waals surface area (Å²) < 4.78 is 1.78. The lowest BCUT2D eigenvalue weighted by molar-refractivity contribution is -0.0808. The van der Waals surface area contributed by atoms with E-state index in [-0.39, 0.29) is 11.7 Å². The fourth-order valence-electron chi connectivity index (χ4n) is 7.35. The number of fused-ring (bicyclic) bond motifs is 3. The zero-order valence-electron chi connectivity index (χ0n) is 19.8. The summed E-state index contributed by atoms with van der Waals surface area (Å²) in [5.74, 6) is -1.24. The van der Waals surface area contributed by atoms with Crippen LogP contribution in [0, 0.1) is 0 Å². The van der Waals surface area contributed by atoms with Crippen LogP contribution in [-0.2, 0) is 0 Å². The monoisotopic (exact) mass is 451 g/mol. The van der Waals surface area contributed by atoms with Crippen LogP contribution in [-0.4, -0.2) is 43.1 Å². The van der Waals surface area contributed by atoms with Gasteiger partial charge in [0.25, 0.3) is 5.56 Å². The molecule has 2 bridgehead atoms. The van der Waals surface area contributed by atoms with E-state index in [1.165, 1.54) is 70.6 Å². The van der Waals surface area contributed by atoms with E-state index in [0.717, 1.165) is 18.4 Å². The van der Waals surface area contributed by atoms with Gasteiger partial charge in [-0.3, -0.25) is 9.69 Å². The molecule has 6 nitrogen and oxygen atoms in total. The number of para-hydroxylation sites is 2. The van der Waals surface area contributed by atoms with E-state index in [0.29, 0.717) is 23.1 Å². The highest BCUT2D eigenvalue weighted by Gasteiger charge is 2.48. The maximum atomic E-state index is 13.3. The Hall–Kier alpha value is -2.21. The molecule has 33 heavy (non-hydrogen) atoms. The number of nitrogens with zero attached hydrogens (tertiary/aromatic N) is 3. The number of aromatic carboxylic acids is 1. The van der Waals surface area contributed by atoms with Gasteiger partial charge in [0.1, 0.15) is 0 Å². The summed E-state index contributed by atoms with van der Waals surface area (Å²) in [6.45, 7) is 2.38. The van der Waals surface area contributed by atoms with E-state index in [4.69, 9.17) is 0 Å². The molecule has 1 N–H and O–H groups in total. The minimum atomic E-state index is -1.24. The molecule has 2 saturated heterocycles. The minimum Gasteiger partial charge on any atom is -0.476 e. The molecule has 3 aliphatic rings. The van der Waals surface area contributed by atoms with Gasteiger partial charge in [-0.25, -0.2) is 9.78 Å². The van der Waals surface area contributed by atoms with Gasteiger partial charge in [-0.1, -0.05) is 57.6 Å². The Morgan fingerprint density at radius 2 is 1.64 bits per heavy atom. The Labute approximate surface area is 196 Å². The van der Waals surface area contributed by atoms with Crippen molar-refractivity contribution in [1.82, 2.24) is 14.5 Å². The average Bonchev–Trinajstić information content (AvgIpc) is 2.78. The Kier molecular flexibility index (Phi) is 6.30. The van der Waals surface area contributed by atoms with Crippen molar-refractivity contribution in [2.24, 2.45) is 0 Å². The van der Waals surface area contributed by atoms with E-state index in [1.807, 2.05) is 24.3 Å². The van der Waals surface area contributed by atoms with E-state index >= 15 is 0 Å². The van der Waals surface area contributed by atoms with Gasteiger partial charge >= 0.3 is 5.97 Å². The van der Waals surface area contributed by atoms with Gasteiger partial charge in [-0.05, 0) is 57.1 Å². The van der Waals surface area contributed by atoms with Crippen molar-refractivity contribution < 1.29 is 9.90 Å². The Bertz CT molecular complexity index is 1060. The summed E-state index contributed by atoms with van der Waals surface area (Å²) in [6, 6.07) is 8.46. The molecule has 0 unspecified atom stereocenters. The van der Waals surface area contributed by atoms with Crippen molar-refractivity contribution in [3.8, 4) is 0 Å². The molecule has 3 fully saturated rings. The molecule has 0 radical (unpaired) electrons. The van der Waals surface area contributed by atoms with Gasteiger partial charge < -0.3 is 9.67 Å². The molecule has 6 heteroatoms. The summed E-state index contributed by atoms with van der Waals surface area (Å²) in [7, 11) is 0. The third-order valence-electron chi connectivity index (χ3n) is 8.80. The number of benzene rings is 1. The van der Waals surface area contributed by atoms with Gasteiger partial charge in [0.15, 0.2) is 0 Å². The topological polar surface area (TPSA) is 75.4 Å². The SMILES string of the molecule is CCC1(N2[C@@H]3CCC[C@H]2C[C@@H](n2c(=O)c(C(=O)O)nc4ccccc42)C3)CCCCCCC1. The highest BCUT2D eigenvalue weighted by atomic mass is 16.4. The van der Waals surface area contributed by atoms with E-state index in [2.05, 4.69) is 16.8 Å². The maximum Gasteiger partial charge on any atom is 0.360 e.